The van der Waals surface area contributed by atoms with E-state index < -0.39 is 12.1 Å². The molecule has 0 unspecified atom stereocenters. The van der Waals surface area contributed by atoms with Crippen molar-refractivity contribution in [2.75, 3.05) is 11.9 Å². The number of benzene rings is 2. The van der Waals surface area contributed by atoms with Gasteiger partial charge in [0.2, 0.25) is 0 Å². The quantitative estimate of drug-likeness (QED) is 0.687. The van der Waals surface area contributed by atoms with E-state index in [0.29, 0.717) is 30.0 Å². The summed E-state index contributed by atoms with van der Waals surface area (Å²) in [6, 6.07) is 14.5. The lowest BCUT2D eigenvalue weighted by Crippen LogP contribution is -2.32. The molecule has 1 N–H and O–H groups in total. The molecule has 1 amide bonds. The van der Waals surface area contributed by atoms with Crippen LogP contribution in [-0.2, 0) is 14.9 Å². The summed E-state index contributed by atoms with van der Waals surface area (Å²) in [6.07, 6.45) is -0.114. The Bertz CT molecular complexity index is 806. The first-order chi connectivity index (χ1) is 13.2. The van der Waals surface area contributed by atoms with Gasteiger partial charge in [-0.25, -0.2) is 4.79 Å². The first-order valence-corrected chi connectivity index (χ1v) is 9.59. The summed E-state index contributed by atoms with van der Waals surface area (Å²) in [6.45, 7) is 10.4. The van der Waals surface area contributed by atoms with Gasteiger partial charge in [-0.05, 0) is 54.7 Å². The lowest BCUT2D eigenvalue weighted by molar-refractivity contribution is -0.122. The van der Waals surface area contributed by atoms with E-state index in [9.17, 15) is 9.59 Å². The SMILES string of the molecule is CCOC(=O)c1cccc(NC(=O)[C@H](CC)Oc2ccc(C(C)(C)C)cc2)c1. The van der Waals surface area contributed by atoms with Crippen LogP contribution in [0.15, 0.2) is 48.5 Å². The van der Waals surface area contributed by atoms with E-state index in [-0.39, 0.29) is 11.3 Å². The maximum Gasteiger partial charge on any atom is 0.338 e. The van der Waals surface area contributed by atoms with Gasteiger partial charge in [-0.1, -0.05) is 45.9 Å². The number of ether oxygens (including phenoxy) is 2. The van der Waals surface area contributed by atoms with Crippen LogP contribution in [0.2, 0.25) is 0 Å². The van der Waals surface area contributed by atoms with Crippen LogP contribution >= 0.6 is 0 Å². The monoisotopic (exact) mass is 383 g/mol. The maximum atomic E-state index is 12.6. The lowest BCUT2D eigenvalue weighted by atomic mass is 9.87. The molecule has 0 radical (unpaired) electrons. The molecule has 28 heavy (non-hydrogen) atoms. The Morgan fingerprint density at radius 1 is 1.04 bits per heavy atom. The van der Waals surface area contributed by atoms with Gasteiger partial charge in [0.15, 0.2) is 6.10 Å². The zero-order valence-corrected chi connectivity index (χ0v) is 17.2. The molecule has 0 aromatic heterocycles. The number of anilines is 1. The zero-order valence-electron chi connectivity index (χ0n) is 17.2. The van der Waals surface area contributed by atoms with Gasteiger partial charge < -0.3 is 14.8 Å². The number of esters is 1. The van der Waals surface area contributed by atoms with Gasteiger partial charge in [-0.3, -0.25) is 4.79 Å². The largest absolute Gasteiger partial charge is 0.481 e. The first-order valence-electron chi connectivity index (χ1n) is 9.59. The third kappa shape index (κ3) is 5.84. The van der Waals surface area contributed by atoms with Crippen molar-refractivity contribution < 1.29 is 19.1 Å². The van der Waals surface area contributed by atoms with Crippen LogP contribution in [-0.4, -0.2) is 24.6 Å². The molecule has 0 saturated carbocycles. The molecule has 0 aliphatic rings. The molecule has 2 aromatic rings. The number of hydrogen-bond donors (Lipinski definition) is 1. The molecule has 0 spiro atoms. The molecule has 0 aliphatic heterocycles. The van der Waals surface area contributed by atoms with Gasteiger partial charge in [-0.15, -0.1) is 0 Å². The minimum Gasteiger partial charge on any atom is -0.481 e. The van der Waals surface area contributed by atoms with Crippen molar-refractivity contribution >= 4 is 17.6 Å². The summed E-state index contributed by atoms with van der Waals surface area (Å²) in [4.78, 5) is 24.5. The third-order valence-corrected chi connectivity index (χ3v) is 4.30. The van der Waals surface area contributed by atoms with E-state index in [1.54, 1.807) is 31.2 Å². The number of nitrogens with one attached hydrogen (secondary N) is 1. The highest BCUT2D eigenvalue weighted by Crippen LogP contribution is 2.25. The number of rotatable bonds is 7. The zero-order chi connectivity index (χ0) is 20.7. The van der Waals surface area contributed by atoms with Gasteiger partial charge in [0, 0.05) is 5.69 Å². The van der Waals surface area contributed by atoms with Gasteiger partial charge in [0.05, 0.1) is 12.2 Å². The molecule has 5 nitrogen and oxygen atoms in total. The number of hydrogen-bond acceptors (Lipinski definition) is 4. The van der Waals surface area contributed by atoms with E-state index in [2.05, 4.69) is 26.1 Å². The van der Waals surface area contributed by atoms with Crippen molar-refractivity contribution in [2.45, 2.75) is 52.6 Å². The highest BCUT2D eigenvalue weighted by molar-refractivity contribution is 5.96. The molecule has 1 atom stereocenters. The molecule has 2 rings (SSSR count). The second-order valence-electron chi connectivity index (χ2n) is 7.58. The predicted octanol–water partition coefficient (Wildman–Crippen LogP) is 4.96. The smallest absolute Gasteiger partial charge is 0.338 e. The molecule has 0 bridgehead atoms. The highest BCUT2D eigenvalue weighted by atomic mass is 16.5. The Balaban J connectivity index is 2.05. The van der Waals surface area contributed by atoms with E-state index in [1.165, 1.54) is 5.56 Å². The summed E-state index contributed by atoms with van der Waals surface area (Å²) < 4.78 is 10.9. The first kappa shape index (κ1) is 21.5. The van der Waals surface area contributed by atoms with E-state index in [0.717, 1.165) is 0 Å². The third-order valence-electron chi connectivity index (χ3n) is 4.30. The molecule has 2 aromatic carbocycles. The Morgan fingerprint density at radius 2 is 1.71 bits per heavy atom. The minimum absolute atomic E-state index is 0.0595. The molecule has 150 valence electrons. The summed E-state index contributed by atoms with van der Waals surface area (Å²) in [7, 11) is 0. The Morgan fingerprint density at radius 3 is 2.29 bits per heavy atom. The van der Waals surface area contributed by atoms with Gasteiger partial charge >= 0.3 is 5.97 Å². The molecule has 5 heteroatoms. The van der Waals surface area contributed by atoms with Crippen LogP contribution in [0.3, 0.4) is 0 Å². The average Bonchev–Trinajstić information content (AvgIpc) is 2.66. The molecule has 0 heterocycles. The summed E-state index contributed by atoms with van der Waals surface area (Å²) >= 11 is 0. The van der Waals surface area contributed by atoms with Crippen LogP contribution in [0.5, 0.6) is 5.75 Å². The number of amides is 1. The van der Waals surface area contributed by atoms with Crippen molar-refractivity contribution in [2.24, 2.45) is 0 Å². The molecular formula is C23H29NO4. The average molecular weight is 383 g/mol. The van der Waals surface area contributed by atoms with Crippen molar-refractivity contribution in [1.82, 2.24) is 0 Å². The fraction of sp³-hybridized carbons (Fsp3) is 0.391. The van der Waals surface area contributed by atoms with E-state index in [1.807, 2.05) is 31.2 Å². The number of carbonyl (C=O) groups excluding carboxylic acids is 2. The molecule has 0 saturated heterocycles. The van der Waals surface area contributed by atoms with Crippen molar-refractivity contribution in [1.29, 1.82) is 0 Å². The van der Waals surface area contributed by atoms with Crippen molar-refractivity contribution in [3.05, 3.63) is 59.7 Å². The Labute approximate surface area is 167 Å². The van der Waals surface area contributed by atoms with Crippen LogP contribution in [0.4, 0.5) is 5.69 Å². The standard InChI is InChI=1S/C23H29NO4/c1-6-20(28-19-13-11-17(12-14-19)23(3,4)5)21(25)24-18-10-8-9-16(15-18)22(26)27-7-2/h8-15,20H,6-7H2,1-5H3,(H,24,25)/t20-/m0/s1. The predicted molar refractivity (Wildman–Crippen MR) is 111 cm³/mol. The number of carbonyl (C=O) groups is 2. The van der Waals surface area contributed by atoms with Crippen molar-refractivity contribution in [3.63, 3.8) is 0 Å². The fourth-order valence-electron chi connectivity index (χ4n) is 2.68. The van der Waals surface area contributed by atoms with Crippen LogP contribution in [0.25, 0.3) is 0 Å². The van der Waals surface area contributed by atoms with Crippen LogP contribution in [0, 0.1) is 0 Å². The summed E-state index contributed by atoms with van der Waals surface area (Å²) in [5.74, 6) is -0.0282. The maximum absolute atomic E-state index is 12.6. The van der Waals surface area contributed by atoms with Gasteiger partial charge in [0.25, 0.3) is 5.91 Å². The lowest BCUT2D eigenvalue weighted by Gasteiger charge is -2.21. The fourth-order valence-corrected chi connectivity index (χ4v) is 2.68. The van der Waals surface area contributed by atoms with E-state index >= 15 is 0 Å². The van der Waals surface area contributed by atoms with Crippen molar-refractivity contribution in [3.8, 4) is 5.75 Å². The molecule has 0 aliphatic carbocycles. The topological polar surface area (TPSA) is 64.6 Å². The van der Waals surface area contributed by atoms with Gasteiger partial charge in [0.1, 0.15) is 5.75 Å². The molecular weight excluding hydrogens is 354 g/mol. The van der Waals surface area contributed by atoms with E-state index in [4.69, 9.17) is 9.47 Å². The summed E-state index contributed by atoms with van der Waals surface area (Å²) in [5, 5.41) is 2.81. The van der Waals surface area contributed by atoms with Gasteiger partial charge in [-0.2, -0.15) is 0 Å². The normalized spacial score (nSPS) is 12.2. The Kier molecular flexibility index (Phi) is 7.21. The summed E-state index contributed by atoms with van der Waals surface area (Å²) in [5.41, 5.74) is 2.18. The molecule has 0 fully saturated rings. The van der Waals surface area contributed by atoms with Crippen LogP contribution < -0.4 is 10.1 Å². The van der Waals surface area contributed by atoms with Crippen LogP contribution in [0.1, 0.15) is 57.0 Å². The Hall–Kier alpha value is -2.82. The minimum atomic E-state index is -0.633. The second-order valence-corrected chi connectivity index (χ2v) is 7.58. The highest BCUT2D eigenvalue weighted by Gasteiger charge is 2.20. The second kappa shape index (κ2) is 9.40.